The largest absolute Gasteiger partial charge is 0.416 e. The van der Waals surface area contributed by atoms with Crippen molar-refractivity contribution in [3.05, 3.63) is 88.5 Å². The van der Waals surface area contributed by atoms with Crippen LogP contribution in [-0.4, -0.2) is 20.4 Å². The highest BCUT2D eigenvalue weighted by molar-refractivity contribution is 6.07. The predicted octanol–water partition coefficient (Wildman–Crippen LogP) is 4.27. The zero-order chi connectivity index (χ0) is 22.2. The molecule has 0 aliphatic carbocycles. The summed E-state index contributed by atoms with van der Waals surface area (Å²) in [6.07, 6.45) is -3.06. The first kappa shape index (κ1) is 20.3. The number of carbonyl (C=O) groups excluding carboxylic acids is 1. The number of anilines is 1. The van der Waals surface area contributed by atoms with Crippen LogP contribution in [0.4, 0.5) is 18.9 Å². The van der Waals surface area contributed by atoms with Crippen LogP contribution in [0.25, 0.3) is 22.3 Å². The number of nitrogens with zero attached hydrogens (tertiary/aromatic N) is 3. The van der Waals surface area contributed by atoms with Crippen molar-refractivity contribution in [3.8, 4) is 11.4 Å². The van der Waals surface area contributed by atoms with Crippen molar-refractivity contribution in [2.75, 3.05) is 5.32 Å². The fourth-order valence-corrected chi connectivity index (χ4v) is 3.17. The lowest BCUT2D eigenvalue weighted by Crippen LogP contribution is -2.21. The lowest BCUT2D eigenvalue weighted by molar-refractivity contribution is -0.137. The maximum absolute atomic E-state index is 13.1. The topological polar surface area (TPSA) is 76.9 Å². The molecule has 0 atom stereocenters. The minimum absolute atomic E-state index is 0.0446. The molecular weight excluding hydrogens is 409 g/mol. The van der Waals surface area contributed by atoms with Gasteiger partial charge in [0.2, 0.25) is 0 Å². The van der Waals surface area contributed by atoms with Gasteiger partial charge < -0.3 is 5.32 Å². The molecule has 0 radical (unpaired) electrons. The molecule has 2 aromatic carbocycles. The lowest BCUT2D eigenvalue weighted by atomic mass is 10.1. The molecule has 0 bridgehead atoms. The van der Waals surface area contributed by atoms with Gasteiger partial charge in [-0.05, 0) is 36.4 Å². The number of aromatic nitrogens is 3. The summed E-state index contributed by atoms with van der Waals surface area (Å²) < 4.78 is 40.6. The number of para-hydroxylation sites is 1. The van der Waals surface area contributed by atoms with Gasteiger partial charge in [-0.2, -0.15) is 13.2 Å². The van der Waals surface area contributed by atoms with Crippen molar-refractivity contribution in [2.45, 2.75) is 6.18 Å². The fraction of sp³-hybridized carbons (Fsp3) is 0.0909. The van der Waals surface area contributed by atoms with E-state index >= 15 is 0 Å². The highest BCUT2D eigenvalue weighted by Gasteiger charge is 2.30. The second-order valence-electron chi connectivity index (χ2n) is 6.75. The number of halogens is 3. The molecule has 1 N–H and O–H groups in total. The third-order valence-corrected chi connectivity index (χ3v) is 4.70. The van der Waals surface area contributed by atoms with E-state index in [4.69, 9.17) is 0 Å². The molecule has 2 heterocycles. The minimum atomic E-state index is -4.53. The molecule has 0 fully saturated rings. The number of pyridine rings is 1. The van der Waals surface area contributed by atoms with Crippen LogP contribution in [0.2, 0.25) is 0 Å². The third-order valence-electron chi connectivity index (χ3n) is 4.70. The highest BCUT2D eigenvalue weighted by Crippen LogP contribution is 2.32. The number of nitrogens with one attached hydrogen (secondary N) is 1. The Balaban J connectivity index is 1.86. The van der Waals surface area contributed by atoms with Crippen LogP contribution in [0, 0.1) is 0 Å². The first-order valence-corrected chi connectivity index (χ1v) is 9.15. The van der Waals surface area contributed by atoms with Crippen molar-refractivity contribution in [2.24, 2.45) is 7.05 Å². The van der Waals surface area contributed by atoms with Gasteiger partial charge in [-0.1, -0.05) is 24.3 Å². The standard InChI is InChI=1S/C22H15F3N4O2/c1-29-19(13-6-4-7-14(12-13)22(23,24)25)28-18-15(21(29)31)8-5-10-16(18)27-20(30)17-9-2-3-11-26-17/h2-12H,1H3,(H,27,30). The van der Waals surface area contributed by atoms with Crippen molar-refractivity contribution in [3.63, 3.8) is 0 Å². The quantitative estimate of drug-likeness (QED) is 0.533. The monoisotopic (exact) mass is 424 g/mol. The Morgan fingerprint density at radius 3 is 2.52 bits per heavy atom. The second kappa shape index (κ2) is 7.67. The average Bonchev–Trinajstić information content (AvgIpc) is 2.76. The molecule has 0 saturated carbocycles. The smallest absolute Gasteiger partial charge is 0.319 e. The fourth-order valence-electron chi connectivity index (χ4n) is 3.17. The summed E-state index contributed by atoms with van der Waals surface area (Å²) in [5.74, 6) is -0.459. The van der Waals surface area contributed by atoms with Gasteiger partial charge in [-0.25, -0.2) is 4.98 Å². The van der Waals surface area contributed by atoms with Gasteiger partial charge in [-0.15, -0.1) is 0 Å². The number of hydrogen-bond acceptors (Lipinski definition) is 4. The lowest BCUT2D eigenvalue weighted by Gasteiger charge is -2.14. The molecular formula is C22H15F3N4O2. The number of benzene rings is 2. The molecule has 9 heteroatoms. The Morgan fingerprint density at radius 2 is 1.81 bits per heavy atom. The van der Waals surface area contributed by atoms with E-state index in [1.807, 2.05) is 0 Å². The molecule has 0 unspecified atom stereocenters. The number of rotatable bonds is 3. The highest BCUT2D eigenvalue weighted by atomic mass is 19.4. The summed E-state index contributed by atoms with van der Waals surface area (Å²) in [7, 11) is 1.43. The van der Waals surface area contributed by atoms with E-state index in [1.54, 1.807) is 24.3 Å². The predicted molar refractivity (Wildman–Crippen MR) is 110 cm³/mol. The summed E-state index contributed by atoms with van der Waals surface area (Å²) in [6.45, 7) is 0. The third kappa shape index (κ3) is 3.89. The molecule has 0 aliphatic rings. The summed E-state index contributed by atoms with van der Waals surface area (Å²) in [4.78, 5) is 33.8. The van der Waals surface area contributed by atoms with Crippen molar-refractivity contribution >= 4 is 22.5 Å². The van der Waals surface area contributed by atoms with Crippen LogP contribution < -0.4 is 10.9 Å². The SMILES string of the molecule is Cn1c(-c2cccc(C(F)(F)F)c2)nc2c(NC(=O)c3ccccn3)cccc2c1=O. The average molecular weight is 424 g/mol. The molecule has 31 heavy (non-hydrogen) atoms. The van der Waals surface area contributed by atoms with Gasteiger partial charge in [0.05, 0.1) is 16.6 Å². The normalized spacial score (nSPS) is 11.5. The Labute approximate surface area is 174 Å². The van der Waals surface area contributed by atoms with Gasteiger partial charge in [0.1, 0.15) is 17.0 Å². The molecule has 4 rings (SSSR count). The van der Waals surface area contributed by atoms with E-state index in [9.17, 15) is 22.8 Å². The van der Waals surface area contributed by atoms with Crippen LogP contribution >= 0.6 is 0 Å². The molecule has 6 nitrogen and oxygen atoms in total. The number of fused-ring (bicyclic) bond motifs is 1. The maximum Gasteiger partial charge on any atom is 0.416 e. The zero-order valence-corrected chi connectivity index (χ0v) is 16.1. The minimum Gasteiger partial charge on any atom is -0.319 e. The van der Waals surface area contributed by atoms with Crippen LogP contribution in [-0.2, 0) is 13.2 Å². The van der Waals surface area contributed by atoms with E-state index in [2.05, 4.69) is 15.3 Å². The van der Waals surface area contributed by atoms with Crippen LogP contribution in [0.15, 0.2) is 71.7 Å². The Morgan fingerprint density at radius 1 is 1.03 bits per heavy atom. The second-order valence-corrected chi connectivity index (χ2v) is 6.75. The van der Waals surface area contributed by atoms with E-state index in [-0.39, 0.29) is 33.7 Å². The van der Waals surface area contributed by atoms with Gasteiger partial charge in [-0.3, -0.25) is 19.1 Å². The number of alkyl halides is 3. The Kier molecular flexibility index (Phi) is 5.02. The zero-order valence-electron chi connectivity index (χ0n) is 16.1. The summed E-state index contributed by atoms with van der Waals surface area (Å²) in [5.41, 5.74) is -0.590. The van der Waals surface area contributed by atoms with Gasteiger partial charge in [0.15, 0.2) is 0 Å². The van der Waals surface area contributed by atoms with E-state index in [0.717, 1.165) is 12.1 Å². The molecule has 0 aliphatic heterocycles. The van der Waals surface area contributed by atoms with E-state index in [1.165, 1.54) is 42.1 Å². The number of carbonyl (C=O) groups is 1. The first-order chi connectivity index (χ1) is 14.8. The summed E-state index contributed by atoms with van der Waals surface area (Å²) in [6, 6.07) is 14.1. The van der Waals surface area contributed by atoms with Crippen LogP contribution in [0.3, 0.4) is 0 Å². The van der Waals surface area contributed by atoms with E-state index in [0.29, 0.717) is 0 Å². The van der Waals surface area contributed by atoms with Crippen molar-refractivity contribution in [1.82, 2.24) is 14.5 Å². The summed E-state index contributed by atoms with van der Waals surface area (Å²) in [5, 5.41) is 2.89. The van der Waals surface area contributed by atoms with Crippen LogP contribution in [0.5, 0.6) is 0 Å². The molecule has 1 amide bonds. The number of amides is 1. The Hall–Kier alpha value is -4.01. The van der Waals surface area contributed by atoms with Crippen molar-refractivity contribution in [1.29, 1.82) is 0 Å². The maximum atomic E-state index is 13.1. The van der Waals surface area contributed by atoms with E-state index < -0.39 is 23.2 Å². The van der Waals surface area contributed by atoms with Crippen LogP contribution in [0.1, 0.15) is 16.1 Å². The number of hydrogen-bond donors (Lipinski definition) is 1. The van der Waals surface area contributed by atoms with Gasteiger partial charge in [0, 0.05) is 18.8 Å². The molecule has 0 saturated heterocycles. The molecule has 156 valence electrons. The molecule has 2 aromatic heterocycles. The first-order valence-electron chi connectivity index (χ1n) is 9.15. The molecule has 0 spiro atoms. The van der Waals surface area contributed by atoms with Gasteiger partial charge in [0.25, 0.3) is 11.5 Å². The van der Waals surface area contributed by atoms with Gasteiger partial charge >= 0.3 is 6.18 Å². The Bertz CT molecular complexity index is 1350. The summed E-state index contributed by atoms with van der Waals surface area (Å²) >= 11 is 0. The molecule has 4 aromatic rings. The van der Waals surface area contributed by atoms with Crippen molar-refractivity contribution < 1.29 is 18.0 Å².